The number of carbonyl (C=O) groups is 1. The minimum absolute atomic E-state index is 0.410. The molecule has 0 aromatic carbocycles. The second kappa shape index (κ2) is 6.53. The van der Waals surface area contributed by atoms with Crippen molar-refractivity contribution in [1.29, 1.82) is 0 Å². The van der Waals surface area contributed by atoms with Gasteiger partial charge in [0, 0.05) is 6.54 Å². The first kappa shape index (κ1) is 15.4. The molecule has 0 aromatic rings. The third kappa shape index (κ3) is 3.95. The highest BCUT2D eigenvalue weighted by atomic mass is 16.4. The molecular formula is C14H27NO3. The Hall–Kier alpha value is -0.610. The summed E-state index contributed by atoms with van der Waals surface area (Å²) in [7, 11) is 0. The summed E-state index contributed by atoms with van der Waals surface area (Å²) in [5.41, 5.74) is -0.911. The van der Waals surface area contributed by atoms with E-state index in [1.165, 1.54) is 25.7 Å². The highest BCUT2D eigenvalue weighted by Gasteiger charge is 2.34. The number of carboxylic acid groups (broad SMARTS) is 1. The SMILES string of the molecule is CCN(CC(O)CC1CCCC1)C(C)(C)C(=O)O. The third-order valence-corrected chi connectivity index (χ3v) is 4.21. The van der Waals surface area contributed by atoms with Crippen LogP contribution in [0.15, 0.2) is 0 Å². The van der Waals surface area contributed by atoms with Crippen molar-refractivity contribution in [2.45, 2.75) is 64.5 Å². The quantitative estimate of drug-likeness (QED) is 0.733. The van der Waals surface area contributed by atoms with Crippen LogP contribution in [0.5, 0.6) is 0 Å². The number of rotatable bonds is 7. The van der Waals surface area contributed by atoms with Crippen molar-refractivity contribution in [3.05, 3.63) is 0 Å². The van der Waals surface area contributed by atoms with Gasteiger partial charge in [-0.25, -0.2) is 0 Å². The fourth-order valence-electron chi connectivity index (χ4n) is 2.85. The molecule has 18 heavy (non-hydrogen) atoms. The zero-order valence-corrected chi connectivity index (χ0v) is 11.9. The molecule has 2 N–H and O–H groups in total. The molecule has 0 aromatic heterocycles. The smallest absolute Gasteiger partial charge is 0.323 e. The largest absolute Gasteiger partial charge is 0.480 e. The Balaban J connectivity index is 2.48. The van der Waals surface area contributed by atoms with Crippen molar-refractivity contribution in [3.63, 3.8) is 0 Å². The second-order valence-electron chi connectivity index (χ2n) is 5.94. The predicted molar refractivity (Wildman–Crippen MR) is 71.5 cm³/mol. The van der Waals surface area contributed by atoms with Gasteiger partial charge in [-0.2, -0.15) is 0 Å². The van der Waals surface area contributed by atoms with Gasteiger partial charge in [0.05, 0.1) is 6.10 Å². The zero-order chi connectivity index (χ0) is 13.8. The molecule has 0 saturated heterocycles. The monoisotopic (exact) mass is 257 g/mol. The molecule has 1 unspecified atom stereocenters. The molecule has 4 heteroatoms. The molecule has 0 amide bonds. The van der Waals surface area contributed by atoms with E-state index in [0.29, 0.717) is 19.0 Å². The van der Waals surface area contributed by atoms with Crippen LogP contribution in [-0.4, -0.2) is 45.8 Å². The average Bonchev–Trinajstić information content (AvgIpc) is 2.78. The number of aliphatic hydroxyl groups excluding tert-OH is 1. The topological polar surface area (TPSA) is 60.8 Å². The van der Waals surface area contributed by atoms with E-state index >= 15 is 0 Å². The fourth-order valence-corrected chi connectivity index (χ4v) is 2.85. The maximum Gasteiger partial charge on any atom is 0.323 e. The number of carboxylic acids is 1. The van der Waals surface area contributed by atoms with Gasteiger partial charge in [0.2, 0.25) is 0 Å². The van der Waals surface area contributed by atoms with Gasteiger partial charge in [-0.15, -0.1) is 0 Å². The molecule has 1 saturated carbocycles. The number of hydrogen-bond donors (Lipinski definition) is 2. The molecule has 1 fully saturated rings. The fraction of sp³-hybridized carbons (Fsp3) is 0.929. The summed E-state index contributed by atoms with van der Waals surface area (Å²) < 4.78 is 0. The van der Waals surface area contributed by atoms with E-state index in [1.54, 1.807) is 13.8 Å². The second-order valence-corrected chi connectivity index (χ2v) is 5.94. The molecule has 1 rings (SSSR count). The normalized spacial score (nSPS) is 19.4. The summed E-state index contributed by atoms with van der Waals surface area (Å²) in [6.45, 7) is 6.42. The summed E-state index contributed by atoms with van der Waals surface area (Å²) in [5, 5.41) is 19.3. The van der Waals surface area contributed by atoms with E-state index in [1.807, 2.05) is 11.8 Å². The Morgan fingerprint density at radius 1 is 1.39 bits per heavy atom. The highest BCUT2D eigenvalue weighted by molar-refractivity contribution is 5.77. The molecular weight excluding hydrogens is 230 g/mol. The van der Waals surface area contributed by atoms with Gasteiger partial charge < -0.3 is 10.2 Å². The van der Waals surface area contributed by atoms with E-state index in [2.05, 4.69) is 0 Å². The van der Waals surface area contributed by atoms with Crippen LogP contribution in [0, 0.1) is 5.92 Å². The highest BCUT2D eigenvalue weighted by Crippen LogP contribution is 2.29. The molecule has 0 radical (unpaired) electrons. The Kier molecular flexibility index (Phi) is 5.60. The molecule has 0 bridgehead atoms. The van der Waals surface area contributed by atoms with Crippen molar-refractivity contribution < 1.29 is 15.0 Å². The Morgan fingerprint density at radius 2 is 1.94 bits per heavy atom. The minimum Gasteiger partial charge on any atom is -0.480 e. The summed E-state index contributed by atoms with van der Waals surface area (Å²) in [4.78, 5) is 13.1. The minimum atomic E-state index is -0.911. The molecule has 0 aliphatic heterocycles. The molecule has 0 heterocycles. The van der Waals surface area contributed by atoms with Gasteiger partial charge in [0.25, 0.3) is 0 Å². The lowest BCUT2D eigenvalue weighted by Crippen LogP contribution is -2.52. The summed E-state index contributed by atoms with van der Waals surface area (Å²) in [6.07, 6.45) is 5.38. The van der Waals surface area contributed by atoms with E-state index < -0.39 is 17.6 Å². The number of aliphatic carboxylic acids is 1. The number of likely N-dealkylation sites (N-methyl/N-ethyl adjacent to an activating group) is 1. The Labute approximate surface area is 110 Å². The van der Waals surface area contributed by atoms with Crippen LogP contribution in [0.25, 0.3) is 0 Å². The number of nitrogens with zero attached hydrogens (tertiary/aromatic N) is 1. The van der Waals surface area contributed by atoms with E-state index in [0.717, 1.165) is 6.42 Å². The molecule has 1 aliphatic rings. The molecule has 1 atom stereocenters. The van der Waals surface area contributed by atoms with Gasteiger partial charge in [0.1, 0.15) is 5.54 Å². The van der Waals surface area contributed by atoms with Crippen LogP contribution in [0.4, 0.5) is 0 Å². The van der Waals surface area contributed by atoms with Crippen molar-refractivity contribution in [2.75, 3.05) is 13.1 Å². The number of aliphatic hydroxyl groups is 1. The standard InChI is InChI=1S/C14H27NO3/c1-4-15(14(2,3)13(17)18)10-12(16)9-11-7-5-6-8-11/h11-12,16H,4-10H2,1-3H3,(H,17,18). The van der Waals surface area contributed by atoms with Gasteiger partial charge >= 0.3 is 5.97 Å². The Morgan fingerprint density at radius 3 is 2.39 bits per heavy atom. The average molecular weight is 257 g/mol. The van der Waals surface area contributed by atoms with Crippen molar-refractivity contribution in [2.24, 2.45) is 5.92 Å². The predicted octanol–water partition coefficient (Wildman–Crippen LogP) is 2.11. The zero-order valence-electron chi connectivity index (χ0n) is 11.9. The third-order valence-electron chi connectivity index (χ3n) is 4.21. The lowest BCUT2D eigenvalue weighted by atomic mass is 9.97. The van der Waals surface area contributed by atoms with Crippen LogP contribution in [0.1, 0.15) is 52.9 Å². The van der Waals surface area contributed by atoms with Crippen LogP contribution in [-0.2, 0) is 4.79 Å². The van der Waals surface area contributed by atoms with Crippen molar-refractivity contribution in [3.8, 4) is 0 Å². The first-order chi connectivity index (χ1) is 8.37. The lowest BCUT2D eigenvalue weighted by molar-refractivity contribution is -0.150. The first-order valence-corrected chi connectivity index (χ1v) is 7.04. The van der Waals surface area contributed by atoms with Gasteiger partial charge in [-0.1, -0.05) is 32.6 Å². The van der Waals surface area contributed by atoms with Crippen LogP contribution < -0.4 is 0 Å². The van der Waals surface area contributed by atoms with Gasteiger partial charge in [0.15, 0.2) is 0 Å². The van der Waals surface area contributed by atoms with Gasteiger partial charge in [-0.3, -0.25) is 9.69 Å². The molecule has 4 nitrogen and oxygen atoms in total. The molecule has 0 spiro atoms. The molecule has 106 valence electrons. The summed E-state index contributed by atoms with van der Waals surface area (Å²) in [5.74, 6) is -0.205. The van der Waals surface area contributed by atoms with Crippen molar-refractivity contribution >= 4 is 5.97 Å². The van der Waals surface area contributed by atoms with Crippen LogP contribution >= 0.6 is 0 Å². The maximum absolute atomic E-state index is 11.2. The Bertz CT molecular complexity index is 272. The van der Waals surface area contributed by atoms with Crippen LogP contribution in [0.2, 0.25) is 0 Å². The van der Waals surface area contributed by atoms with E-state index in [4.69, 9.17) is 0 Å². The van der Waals surface area contributed by atoms with Crippen molar-refractivity contribution in [1.82, 2.24) is 4.90 Å². The maximum atomic E-state index is 11.2. The summed E-state index contributed by atoms with van der Waals surface area (Å²) >= 11 is 0. The molecule has 1 aliphatic carbocycles. The van der Waals surface area contributed by atoms with E-state index in [9.17, 15) is 15.0 Å². The lowest BCUT2D eigenvalue weighted by Gasteiger charge is -2.35. The number of hydrogen-bond acceptors (Lipinski definition) is 3. The summed E-state index contributed by atoms with van der Waals surface area (Å²) in [6, 6.07) is 0. The number of β-amino-alcohol motifs (C(OH)–C–C–N with tert-alkyl or cyclic N) is 1. The van der Waals surface area contributed by atoms with Crippen LogP contribution in [0.3, 0.4) is 0 Å². The van der Waals surface area contributed by atoms with E-state index in [-0.39, 0.29) is 0 Å². The first-order valence-electron chi connectivity index (χ1n) is 7.04. The van der Waals surface area contributed by atoms with Gasteiger partial charge in [-0.05, 0) is 32.7 Å².